The number of halogens is 1. The van der Waals surface area contributed by atoms with Gasteiger partial charge in [-0.05, 0) is 56.0 Å². The number of nitrogens with zero attached hydrogens (tertiary/aromatic N) is 1. The van der Waals surface area contributed by atoms with Crippen molar-refractivity contribution in [3.8, 4) is 11.5 Å². The molecule has 0 amide bonds. The first-order valence-electron chi connectivity index (χ1n) is 9.66. The highest BCUT2D eigenvalue weighted by Gasteiger charge is 2.39. The molecule has 3 rings (SSSR count). The Morgan fingerprint density at radius 3 is 2.32 bits per heavy atom. The first kappa shape index (κ1) is 20.5. The summed E-state index contributed by atoms with van der Waals surface area (Å²) in [6.45, 7) is 5.45. The quantitative estimate of drug-likeness (QED) is 0.677. The van der Waals surface area contributed by atoms with Crippen molar-refractivity contribution in [3.63, 3.8) is 0 Å². The first-order chi connectivity index (χ1) is 13.5. The summed E-state index contributed by atoms with van der Waals surface area (Å²) in [7, 11) is 0. The number of carboxylic acid groups (broad SMARTS) is 1. The summed E-state index contributed by atoms with van der Waals surface area (Å²) in [6, 6.07) is 12.8. The maximum atomic E-state index is 11.9. The zero-order valence-electron chi connectivity index (χ0n) is 16.2. The van der Waals surface area contributed by atoms with Crippen LogP contribution in [0.15, 0.2) is 42.5 Å². The molecule has 150 valence electrons. The molecule has 2 aromatic rings. The van der Waals surface area contributed by atoms with Crippen LogP contribution in [-0.2, 0) is 11.3 Å². The number of benzene rings is 2. The van der Waals surface area contributed by atoms with Crippen LogP contribution in [-0.4, -0.2) is 35.2 Å². The lowest BCUT2D eigenvalue weighted by Gasteiger charge is -2.29. The number of rotatable bonds is 8. The molecule has 1 aliphatic rings. The Hall–Kier alpha value is -2.24. The Bertz CT molecular complexity index is 802. The highest BCUT2D eigenvalue weighted by atomic mass is 35.5. The van der Waals surface area contributed by atoms with Gasteiger partial charge in [0.1, 0.15) is 17.5 Å². The molecule has 28 heavy (non-hydrogen) atoms. The van der Waals surface area contributed by atoms with Crippen LogP contribution in [0.4, 0.5) is 0 Å². The number of hydrogen-bond donors (Lipinski definition) is 1. The second-order valence-electron chi connectivity index (χ2n) is 6.82. The van der Waals surface area contributed by atoms with Gasteiger partial charge in [0.05, 0.1) is 13.2 Å². The number of aliphatic carboxylic acids is 1. The largest absolute Gasteiger partial charge is 0.494 e. The zero-order chi connectivity index (χ0) is 20.1. The van der Waals surface area contributed by atoms with E-state index in [-0.39, 0.29) is 6.04 Å². The van der Waals surface area contributed by atoms with Gasteiger partial charge in [-0.3, -0.25) is 9.69 Å². The van der Waals surface area contributed by atoms with Crippen molar-refractivity contribution in [1.29, 1.82) is 0 Å². The normalized spacial score (nSPS) is 19.5. The third-order valence-electron chi connectivity index (χ3n) is 4.99. The van der Waals surface area contributed by atoms with Crippen molar-refractivity contribution in [3.05, 3.63) is 58.6 Å². The molecule has 0 radical (unpaired) electrons. The molecule has 0 saturated carbocycles. The van der Waals surface area contributed by atoms with E-state index in [0.29, 0.717) is 31.2 Å². The van der Waals surface area contributed by atoms with Gasteiger partial charge in [0.15, 0.2) is 0 Å². The average molecular weight is 404 g/mol. The van der Waals surface area contributed by atoms with E-state index in [1.54, 1.807) is 0 Å². The molecule has 0 unspecified atom stereocenters. The molecule has 6 heteroatoms. The third kappa shape index (κ3) is 4.59. The molecule has 1 heterocycles. The minimum atomic E-state index is -0.805. The molecule has 1 fully saturated rings. The molecule has 1 aliphatic heterocycles. The Kier molecular flexibility index (Phi) is 6.81. The molecule has 5 nitrogen and oxygen atoms in total. The number of hydrogen-bond acceptors (Lipinski definition) is 4. The van der Waals surface area contributed by atoms with E-state index in [0.717, 1.165) is 29.0 Å². The summed E-state index contributed by atoms with van der Waals surface area (Å²) in [4.78, 5) is 13.9. The highest BCUT2D eigenvalue weighted by Crippen LogP contribution is 2.40. The molecule has 2 atom stereocenters. The van der Waals surface area contributed by atoms with Crippen LogP contribution in [0.5, 0.6) is 11.5 Å². The zero-order valence-corrected chi connectivity index (χ0v) is 17.0. The van der Waals surface area contributed by atoms with Gasteiger partial charge in [-0.2, -0.15) is 0 Å². The van der Waals surface area contributed by atoms with Gasteiger partial charge in [-0.1, -0.05) is 29.8 Å². The molecule has 0 bridgehead atoms. The second-order valence-corrected chi connectivity index (χ2v) is 7.23. The second kappa shape index (κ2) is 9.30. The van der Waals surface area contributed by atoms with Crippen molar-refractivity contribution < 1.29 is 19.4 Å². The first-order valence-corrected chi connectivity index (χ1v) is 10.0. The highest BCUT2D eigenvalue weighted by molar-refractivity contribution is 6.31. The van der Waals surface area contributed by atoms with E-state index in [1.165, 1.54) is 0 Å². The van der Waals surface area contributed by atoms with Crippen LogP contribution in [0.25, 0.3) is 0 Å². The van der Waals surface area contributed by atoms with Crippen molar-refractivity contribution >= 4 is 17.6 Å². The van der Waals surface area contributed by atoms with Crippen molar-refractivity contribution in [1.82, 2.24) is 4.90 Å². The van der Waals surface area contributed by atoms with Crippen LogP contribution in [0.1, 0.15) is 43.9 Å². The molecule has 1 N–H and O–H groups in total. The lowest BCUT2D eigenvalue weighted by atomic mass is 10.0. The Labute approximate surface area is 170 Å². The maximum absolute atomic E-state index is 11.9. The minimum absolute atomic E-state index is 0.0407. The Morgan fingerprint density at radius 1 is 1.11 bits per heavy atom. The molecule has 2 aromatic carbocycles. The van der Waals surface area contributed by atoms with E-state index in [9.17, 15) is 9.90 Å². The SMILES string of the molecule is CCOc1cc(CN2[C@@H](c3ccccc3Cl)CC[C@H]2C(=O)O)cc(OCC)c1. The van der Waals surface area contributed by atoms with E-state index >= 15 is 0 Å². The summed E-state index contributed by atoms with van der Waals surface area (Å²) >= 11 is 6.42. The van der Waals surface area contributed by atoms with E-state index < -0.39 is 12.0 Å². The minimum Gasteiger partial charge on any atom is -0.494 e. The van der Waals surface area contributed by atoms with Gasteiger partial charge in [0.2, 0.25) is 0 Å². The summed E-state index contributed by atoms with van der Waals surface area (Å²) < 4.78 is 11.3. The molecule has 0 aliphatic carbocycles. The van der Waals surface area contributed by atoms with Crippen LogP contribution in [0, 0.1) is 0 Å². The lowest BCUT2D eigenvalue weighted by molar-refractivity contribution is -0.142. The molecular weight excluding hydrogens is 378 g/mol. The molecule has 0 aromatic heterocycles. The van der Waals surface area contributed by atoms with Crippen LogP contribution < -0.4 is 9.47 Å². The van der Waals surface area contributed by atoms with Gasteiger partial charge in [0, 0.05) is 23.7 Å². The van der Waals surface area contributed by atoms with Gasteiger partial charge < -0.3 is 14.6 Å². The van der Waals surface area contributed by atoms with Crippen molar-refractivity contribution in [2.45, 2.75) is 45.3 Å². The van der Waals surface area contributed by atoms with Gasteiger partial charge >= 0.3 is 5.97 Å². The van der Waals surface area contributed by atoms with Crippen molar-refractivity contribution in [2.75, 3.05) is 13.2 Å². The Morgan fingerprint density at radius 2 is 1.75 bits per heavy atom. The summed E-state index contributed by atoms with van der Waals surface area (Å²) in [6.07, 6.45) is 1.35. The van der Waals surface area contributed by atoms with E-state index in [4.69, 9.17) is 21.1 Å². The average Bonchev–Trinajstić information content (AvgIpc) is 3.06. The summed E-state index contributed by atoms with van der Waals surface area (Å²) in [5.41, 5.74) is 1.93. The van der Waals surface area contributed by atoms with Crippen molar-refractivity contribution in [2.24, 2.45) is 0 Å². The van der Waals surface area contributed by atoms with Gasteiger partial charge in [0.25, 0.3) is 0 Å². The number of likely N-dealkylation sites (tertiary alicyclic amines) is 1. The number of ether oxygens (including phenoxy) is 2. The predicted octanol–water partition coefficient (Wildman–Crippen LogP) is 4.93. The lowest BCUT2D eigenvalue weighted by Crippen LogP contribution is -2.37. The molecule has 0 spiro atoms. The monoisotopic (exact) mass is 403 g/mol. The van der Waals surface area contributed by atoms with Gasteiger partial charge in [-0.15, -0.1) is 0 Å². The number of carboxylic acids is 1. The summed E-state index contributed by atoms with van der Waals surface area (Å²) in [5, 5.41) is 10.4. The topological polar surface area (TPSA) is 59.0 Å². The molecular formula is C22H26ClNO4. The smallest absolute Gasteiger partial charge is 0.320 e. The maximum Gasteiger partial charge on any atom is 0.320 e. The fourth-order valence-electron chi connectivity index (χ4n) is 3.86. The van der Waals surface area contributed by atoms with Crippen LogP contribution in [0.3, 0.4) is 0 Å². The van der Waals surface area contributed by atoms with Crippen LogP contribution >= 0.6 is 11.6 Å². The van der Waals surface area contributed by atoms with Crippen LogP contribution in [0.2, 0.25) is 5.02 Å². The third-order valence-corrected chi connectivity index (χ3v) is 5.33. The Balaban J connectivity index is 1.94. The standard InChI is InChI=1S/C22H26ClNO4/c1-3-27-16-11-15(12-17(13-16)28-4-2)14-24-20(9-10-21(24)22(25)26)18-7-5-6-8-19(18)23/h5-8,11-13,20-21H,3-4,9-10,14H2,1-2H3,(H,25,26)/t20-,21+/m1/s1. The predicted molar refractivity (Wildman–Crippen MR) is 109 cm³/mol. The number of carbonyl (C=O) groups is 1. The van der Waals surface area contributed by atoms with E-state index in [2.05, 4.69) is 0 Å². The molecule has 1 saturated heterocycles. The van der Waals surface area contributed by atoms with E-state index in [1.807, 2.05) is 61.2 Å². The summed E-state index contributed by atoms with van der Waals surface area (Å²) in [5.74, 6) is 0.646. The fourth-order valence-corrected chi connectivity index (χ4v) is 4.12. The van der Waals surface area contributed by atoms with Gasteiger partial charge in [-0.25, -0.2) is 0 Å². The fraction of sp³-hybridized carbons (Fsp3) is 0.409.